The lowest BCUT2D eigenvalue weighted by Gasteiger charge is -2.17. The molecule has 0 amide bonds. The summed E-state index contributed by atoms with van der Waals surface area (Å²) in [5, 5.41) is 21.6. The summed E-state index contributed by atoms with van der Waals surface area (Å²) in [7, 11) is 1.63. The molecule has 1 rings (SSSR count). The first kappa shape index (κ1) is 11.0. The van der Waals surface area contributed by atoms with Crippen LogP contribution in [-0.2, 0) is 0 Å². The van der Waals surface area contributed by atoms with Crippen LogP contribution in [0.1, 0.15) is 11.7 Å². The molecule has 14 heavy (non-hydrogen) atoms. The zero-order chi connectivity index (χ0) is 10.6. The molecule has 0 aliphatic heterocycles. The van der Waals surface area contributed by atoms with Gasteiger partial charge in [-0.15, -0.1) is 0 Å². The lowest BCUT2D eigenvalue weighted by atomic mass is 10.1. The molecule has 0 aliphatic rings. The molecule has 0 spiro atoms. The Kier molecular flexibility index (Phi) is 3.94. The van der Waals surface area contributed by atoms with Gasteiger partial charge < -0.3 is 15.5 Å². The minimum absolute atomic E-state index is 0.00949. The Morgan fingerprint density at radius 3 is 2.86 bits per heavy atom. The van der Waals surface area contributed by atoms with Crippen LogP contribution >= 0.6 is 0 Å². The van der Waals surface area contributed by atoms with Gasteiger partial charge in [0.25, 0.3) is 0 Å². The van der Waals surface area contributed by atoms with E-state index in [1.54, 1.807) is 7.05 Å². The highest BCUT2D eigenvalue weighted by molar-refractivity contribution is 5.15. The van der Waals surface area contributed by atoms with Crippen molar-refractivity contribution in [1.29, 1.82) is 0 Å². The molecule has 0 saturated heterocycles. The van der Waals surface area contributed by atoms with E-state index in [0.29, 0.717) is 0 Å². The Balaban J connectivity index is 2.78. The second-order valence-corrected chi connectivity index (χ2v) is 2.95. The van der Waals surface area contributed by atoms with E-state index >= 15 is 0 Å². The molecule has 0 radical (unpaired) electrons. The number of hydrogen-bond acceptors (Lipinski definition) is 4. The number of aliphatic hydroxyl groups excluding tert-OH is 2. The molecule has 0 fully saturated rings. The summed E-state index contributed by atoms with van der Waals surface area (Å²) in [5.41, 5.74) is 0.00949. The second-order valence-electron chi connectivity index (χ2n) is 2.95. The summed E-state index contributed by atoms with van der Waals surface area (Å²) < 4.78 is 13.0. The fourth-order valence-electron chi connectivity index (χ4n) is 1.15. The Morgan fingerprint density at radius 2 is 2.29 bits per heavy atom. The summed E-state index contributed by atoms with van der Waals surface area (Å²) in [5.74, 6) is -0.754. The lowest BCUT2D eigenvalue weighted by molar-refractivity contribution is 0.0177. The van der Waals surface area contributed by atoms with E-state index in [2.05, 4.69) is 10.3 Å². The summed E-state index contributed by atoms with van der Waals surface area (Å²) in [4.78, 5) is 3.38. The van der Waals surface area contributed by atoms with Crippen LogP contribution in [0.25, 0.3) is 0 Å². The first-order valence-corrected chi connectivity index (χ1v) is 4.28. The van der Waals surface area contributed by atoms with Gasteiger partial charge in [-0.3, -0.25) is 0 Å². The van der Waals surface area contributed by atoms with Crippen molar-refractivity contribution in [1.82, 2.24) is 10.3 Å². The van der Waals surface area contributed by atoms with Crippen LogP contribution in [0.4, 0.5) is 4.39 Å². The summed E-state index contributed by atoms with van der Waals surface area (Å²) in [6.45, 7) is 0.190. The van der Waals surface area contributed by atoms with Gasteiger partial charge in [0, 0.05) is 18.3 Å². The van der Waals surface area contributed by atoms with Gasteiger partial charge in [0.2, 0.25) is 5.95 Å². The number of pyridine rings is 1. The second kappa shape index (κ2) is 4.99. The predicted octanol–water partition coefficient (Wildman–Crippen LogP) is -0.166. The minimum Gasteiger partial charge on any atom is -0.389 e. The summed E-state index contributed by atoms with van der Waals surface area (Å²) in [6.07, 6.45) is -1.01. The van der Waals surface area contributed by atoms with E-state index in [-0.39, 0.29) is 12.1 Å². The molecular formula is C9H13FN2O2. The molecule has 2 unspecified atom stereocenters. The minimum atomic E-state index is -1.25. The number of aliphatic hydroxyl groups is 2. The zero-order valence-electron chi connectivity index (χ0n) is 7.81. The molecule has 5 heteroatoms. The largest absolute Gasteiger partial charge is 0.389 e. The average molecular weight is 200 g/mol. The van der Waals surface area contributed by atoms with E-state index in [4.69, 9.17) is 0 Å². The first-order valence-electron chi connectivity index (χ1n) is 4.28. The number of aromatic nitrogens is 1. The van der Waals surface area contributed by atoms with Crippen LogP contribution in [0.5, 0.6) is 0 Å². The fraction of sp³-hybridized carbons (Fsp3) is 0.444. The molecular weight excluding hydrogens is 187 g/mol. The van der Waals surface area contributed by atoms with Crippen molar-refractivity contribution < 1.29 is 14.6 Å². The van der Waals surface area contributed by atoms with Crippen molar-refractivity contribution in [3.05, 3.63) is 29.8 Å². The van der Waals surface area contributed by atoms with Crippen LogP contribution in [0.2, 0.25) is 0 Å². The predicted molar refractivity (Wildman–Crippen MR) is 49.1 cm³/mol. The number of likely N-dealkylation sites (N-methyl/N-ethyl adjacent to an activating group) is 1. The van der Waals surface area contributed by atoms with Crippen molar-refractivity contribution in [2.45, 2.75) is 12.2 Å². The maximum Gasteiger partial charge on any atom is 0.218 e. The Bertz CT molecular complexity index is 296. The van der Waals surface area contributed by atoms with Gasteiger partial charge in [-0.2, -0.15) is 4.39 Å². The van der Waals surface area contributed by atoms with Gasteiger partial charge in [-0.1, -0.05) is 6.07 Å². The third-order valence-electron chi connectivity index (χ3n) is 1.88. The molecule has 0 bridgehead atoms. The smallest absolute Gasteiger partial charge is 0.218 e. The number of halogens is 1. The van der Waals surface area contributed by atoms with Crippen LogP contribution in [-0.4, -0.2) is 34.9 Å². The fourth-order valence-corrected chi connectivity index (χ4v) is 1.15. The molecule has 0 aromatic carbocycles. The van der Waals surface area contributed by atoms with Crippen LogP contribution in [0, 0.1) is 5.95 Å². The molecule has 78 valence electrons. The van der Waals surface area contributed by atoms with E-state index in [9.17, 15) is 14.6 Å². The highest BCUT2D eigenvalue weighted by Gasteiger charge is 2.20. The van der Waals surface area contributed by atoms with Gasteiger partial charge in [0.05, 0.1) is 6.10 Å². The molecule has 4 nitrogen and oxygen atoms in total. The highest BCUT2D eigenvalue weighted by atomic mass is 19.1. The molecule has 2 atom stereocenters. The Hall–Kier alpha value is -1.04. The maximum atomic E-state index is 13.0. The van der Waals surface area contributed by atoms with Crippen molar-refractivity contribution in [3.63, 3.8) is 0 Å². The van der Waals surface area contributed by atoms with Crippen LogP contribution < -0.4 is 5.32 Å². The number of hydrogen-bond donors (Lipinski definition) is 3. The maximum absolute atomic E-state index is 13.0. The number of nitrogens with one attached hydrogen (secondary N) is 1. The van der Waals surface area contributed by atoms with Gasteiger partial charge in [-0.25, -0.2) is 4.98 Å². The molecule has 3 N–H and O–H groups in total. The third-order valence-corrected chi connectivity index (χ3v) is 1.88. The monoisotopic (exact) mass is 200 g/mol. The summed E-state index contributed by atoms with van der Waals surface area (Å²) in [6, 6.07) is 2.90. The van der Waals surface area contributed by atoms with Gasteiger partial charge in [0.1, 0.15) is 6.10 Å². The molecule has 0 aliphatic carbocycles. The van der Waals surface area contributed by atoms with E-state index < -0.39 is 18.2 Å². The molecule has 1 heterocycles. The Labute approximate surface area is 81.4 Å². The lowest BCUT2D eigenvalue weighted by Crippen LogP contribution is -2.30. The summed E-state index contributed by atoms with van der Waals surface area (Å²) >= 11 is 0. The SMILES string of the molecule is CNCC(O)C(O)c1cccnc1F. The van der Waals surface area contributed by atoms with E-state index in [1.165, 1.54) is 18.3 Å². The Morgan fingerprint density at radius 1 is 1.57 bits per heavy atom. The van der Waals surface area contributed by atoms with Crippen molar-refractivity contribution in [2.24, 2.45) is 0 Å². The number of nitrogens with zero attached hydrogens (tertiary/aromatic N) is 1. The third kappa shape index (κ3) is 2.47. The molecule has 1 aromatic rings. The van der Waals surface area contributed by atoms with Crippen LogP contribution in [0.3, 0.4) is 0 Å². The molecule has 0 saturated carbocycles. The topological polar surface area (TPSA) is 65.4 Å². The van der Waals surface area contributed by atoms with Gasteiger partial charge in [0.15, 0.2) is 0 Å². The van der Waals surface area contributed by atoms with Crippen molar-refractivity contribution in [3.8, 4) is 0 Å². The van der Waals surface area contributed by atoms with Gasteiger partial charge >= 0.3 is 0 Å². The van der Waals surface area contributed by atoms with E-state index in [0.717, 1.165) is 0 Å². The standard InChI is InChI=1S/C9H13FN2O2/c1-11-5-7(13)8(14)6-3-2-4-12-9(6)10/h2-4,7-8,11,13-14H,5H2,1H3. The normalized spacial score (nSPS) is 15.1. The van der Waals surface area contributed by atoms with Crippen molar-refractivity contribution in [2.75, 3.05) is 13.6 Å². The first-order chi connectivity index (χ1) is 6.66. The quantitative estimate of drug-likeness (QED) is 0.591. The van der Waals surface area contributed by atoms with Gasteiger partial charge in [-0.05, 0) is 13.1 Å². The molecule has 1 aromatic heterocycles. The van der Waals surface area contributed by atoms with Crippen LogP contribution in [0.15, 0.2) is 18.3 Å². The number of rotatable bonds is 4. The van der Waals surface area contributed by atoms with Crippen molar-refractivity contribution >= 4 is 0 Å². The highest BCUT2D eigenvalue weighted by Crippen LogP contribution is 2.17. The van der Waals surface area contributed by atoms with E-state index in [1.807, 2.05) is 0 Å². The zero-order valence-corrected chi connectivity index (χ0v) is 7.81. The average Bonchev–Trinajstić information content (AvgIpc) is 2.18.